The molecule has 0 aromatic heterocycles. The van der Waals surface area contributed by atoms with Crippen LogP contribution >= 0.6 is 0 Å². The van der Waals surface area contributed by atoms with Gasteiger partial charge in [-0.3, -0.25) is 0 Å². The van der Waals surface area contributed by atoms with Crippen LogP contribution in [0.2, 0.25) is 0 Å². The molecular weight excluding hydrogens is 318 g/mol. The second-order valence-electron chi connectivity index (χ2n) is 5.45. The van der Waals surface area contributed by atoms with Gasteiger partial charge in [-0.1, -0.05) is 60.7 Å². The molecule has 25 heavy (non-hydrogen) atoms. The van der Waals surface area contributed by atoms with E-state index in [-0.39, 0.29) is 12.4 Å². The van der Waals surface area contributed by atoms with Crippen LogP contribution in [0.15, 0.2) is 72.6 Å². The minimum absolute atomic E-state index is 0.132. The largest absolute Gasteiger partial charge is 0.504 e. The zero-order valence-electron chi connectivity index (χ0n) is 13.7. The van der Waals surface area contributed by atoms with Gasteiger partial charge in [0.05, 0.1) is 6.04 Å². The van der Waals surface area contributed by atoms with Crippen LogP contribution in [-0.2, 0) is 17.8 Å². The number of amides is 1. The summed E-state index contributed by atoms with van der Waals surface area (Å²) in [5, 5.41) is 21.2. The van der Waals surface area contributed by atoms with Crippen LogP contribution in [0.3, 0.4) is 0 Å². The molecule has 6 heteroatoms. The summed E-state index contributed by atoms with van der Waals surface area (Å²) in [6.07, 6.45) is 1.31. The van der Waals surface area contributed by atoms with Crippen molar-refractivity contribution in [3.05, 3.63) is 88.7 Å². The average Bonchev–Trinajstić information content (AvgIpc) is 2.65. The molecule has 0 saturated heterocycles. The molecule has 0 fully saturated rings. The molecular formula is C19H20N3O3+. The first-order chi connectivity index (χ1) is 12.2. The Kier molecular flexibility index (Phi) is 7.01. The Labute approximate surface area is 146 Å². The van der Waals surface area contributed by atoms with E-state index in [0.29, 0.717) is 12.8 Å². The van der Waals surface area contributed by atoms with Crippen molar-refractivity contribution < 1.29 is 14.6 Å². The second-order valence-corrected chi connectivity index (χ2v) is 5.45. The highest BCUT2D eigenvalue weighted by Gasteiger charge is 2.20. The Morgan fingerprint density at radius 1 is 1.12 bits per heavy atom. The van der Waals surface area contributed by atoms with E-state index in [2.05, 4.69) is 10.3 Å². The molecule has 0 unspecified atom stereocenters. The molecule has 0 saturated carbocycles. The number of ether oxygens (including phenoxy) is 1. The van der Waals surface area contributed by atoms with Gasteiger partial charge in [0.25, 0.3) is 0 Å². The van der Waals surface area contributed by atoms with Crippen molar-refractivity contribution in [1.29, 1.82) is 5.39 Å². The molecule has 2 aromatic carbocycles. The molecule has 1 atom stereocenters. The van der Waals surface area contributed by atoms with Gasteiger partial charge in [0.15, 0.2) is 4.98 Å². The fourth-order valence-corrected chi connectivity index (χ4v) is 2.31. The normalized spacial score (nSPS) is 12.0. The molecule has 2 aromatic rings. The molecule has 0 bridgehead atoms. The molecule has 6 nitrogen and oxygen atoms in total. The Morgan fingerprint density at radius 3 is 2.32 bits per heavy atom. The molecule has 0 aliphatic rings. The third kappa shape index (κ3) is 6.36. The van der Waals surface area contributed by atoms with Gasteiger partial charge in [-0.15, -0.1) is 0 Å². The lowest BCUT2D eigenvalue weighted by Gasteiger charge is -2.16. The molecule has 2 N–H and O–H groups in total. The van der Waals surface area contributed by atoms with Gasteiger partial charge in [-0.25, -0.2) is 4.79 Å². The van der Waals surface area contributed by atoms with Gasteiger partial charge in [-0.05, 0) is 24.0 Å². The number of aliphatic hydroxyl groups excluding tert-OH is 1. The lowest BCUT2D eigenvalue weighted by atomic mass is 10.0. The van der Waals surface area contributed by atoms with Gasteiger partial charge in [-0.2, -0.15) is 0 Å². The minimum Gasteiger partial charge on any atom is -0.504 e. The number of benzene rings is 2. The SMILES string of the molecule is N#[N+]/C=C(/O)[C@H](CCc1ccccc1)NC(=O)OCc1ccccc1. The Balaban J connectivity index is 1.92. The first-order valence-corrected chi connectivity index (χ1v) is 7.93. The van der Waals surface area contributed by atoms with Crippen molar-refractivity contribution in [3.8, 4) is 0 Å². The summed E-state index contributed by atoms with van der Waals surface area (Å²) in [6, 6.07) is 18.3. The number of alkyl carbamates (subject to hydrolysis) is 1. The number of hydrogen-bond acceptors (Lipinski definition) is 4. The molecule has 0 heterocycles. The molecule has 1 amide bonds. The number of aliphatic hydroxyl groups is 1. The van der Waals surface area contributed by atoms with E-state index in [9.17, 15) is 9.90 Å². The van der Waals surface area contributed by atoms with E-state index in [4.69, 9.17) is 10.1 Å². The summed E-state index contributed by atoms with van der Waals surface area (Å²) < 4.78 is 5.16. The maximum Gasteiger partial charge on any atom is 0.408 e. The van der Waals surface area contributed by atoms with Gasteiger partial charge in [0.1, 0.15) is 6.61 Å². The first kappa shape index (κ1) is 18.0. The maximum atomic E-state index is 12.0. The smallest absolute Gasteiger partial charge is 0.408 e. The topological polar surface area (TPSA) is 86.7 Å². The summed E-state index contributed by atoms with van der Waals surface area (Å²) in [7, 11) is 0. The van der Waals surface area contributed by atoms with Crippen LogP contribution in [0.4, 0.5) is 4.79 Å². The van der Waals surface area contributed by atoms with Crippen molar-refractivity contribution in [3.63, 3.8) is 0 Å². The van der Waals surface area contributed by atoms with E-state index < -0.39 is 12.1 Å². The standard InChI is InChI=1S/C19H19N3O3/c20-21-13-18(23)17(12-11-15-7-3-1-4-8-15)22-19(24)25-14-16-9-5-2-6-10-16/h1-10,13,17H,11-12,14H2,(H-,22,23,24)/p+1/b18-13+/t17-/m0/s1. The third-order valence-electron chi connectivity index (χ3n) is 3.62. The number of carbonyl (C=O) groups excluding carboxylic acids is 1. The van der Waals surface area contributed by atoms with E-state index in [1.165, 1.54) is 0 Å². The molecule has 0 spiro atoms. The minimum atomic E-state index is -0.709. The van der Waals surface area contributed by atoms with Gasteiger partial charge in [0.2, 0.25) is 11.2 Å². The fourth-order valence-electron chi connectivity index (χ4n) is 2.31. The monoisotopic (exact) mass is 338 g/mol. The van der Waals surface area contributed by atoms with Gasteiger partial charge in [0, 0.05) is 0 Å². The number of aryl methyl sites for hydroxylation is 1. The number of nitrogens with zero attached hydrogens (tertiary/aromatic N) is 2. The van der Waals surface area contributed by atoms with Crippen LogP contribution in [0.1, 0.15) is 17.5 Å². The number of hydrogen-bond donors (Lipinski definition) is 2. The van der Waals surface area contributed by atoms with Crippen molar-refractivity contribution in [2.45, 2.75) is 25.5 Å². The predicted octanol–water partition coefficient (Wildman–Crippen LogP) is 4.17. The highest BCUT2D eigenvalue weighted by atomic mass is 16.5. The predicted molar refractivity (Wildman–Crippen MR) is 94.1 cm³/mol. The second kappa shape index (κ2) is 9.73. The Hall–Kier alpha value is -3.33. The summed E-state index contributed by atoms with van der Waals surface area (Å²) in [5.74, 6) is -0.241. The fraction of sp³-hybridized carbons (Fsp3) is 0.211. The van der Waals surface area contributed by atoms with Crippen LogP contribution in [0.5, 0.6) is 0 Å². The lowest BCUT2D eigenvalue weighted by Crippen LogP contribution is -2.37. The van der Waals surface area contributed by atoms with Crippen LogP contribution in [0, 0.1) is 5.39 Å². The lowest BCUT2D eigenvalue weighted by molar-refractivity contribution is 0.134. The molecule has 0 aliphatic heterocycles. The Bertz CT molecular complexity index is 740. The van der Waals surface area contributed by atoms with Crippen molar-refractivity contribution in [1.82, 2.24) is 5.32 Å². The molecule has 2 rings (SSSR count). The molecule has 128 valence electrons. The number of carbonyl (C=O) groups is 1. The zero-order chi connectivity index (χ0) is 17.9. The maximum absolute atomic E-state index is 12.0. The third-order valence-corrected chi connectivity index (χ3v) is 3.62. The summed E-state index contributed by atoms with van der Waals surface area (Å²) in [4.78, 5) is 14.8. The number of nitrogens with one attached hydrogen (secondary N) is 1. The van der Waals surface area contributed by atoms with E-state index in [1.54, 1.807) is 0 Å². The van der Waals surface area contributed by atoms with E-state index in [1.807, 2.05) is 60.7 Å². The first-order valence-electron chi connectivity index (χ1n) is 7.93. The highest BCUT2D eigenvalue weighted by Crippen LogP contribution is 2.11. The quantitative estimate of drug-likeness (QED) is 0.586. The van der Waals surface area contributed by atoms with E-state index in [0.717, 1.165) is 17.3 Å². The van der Waals surface area contributed by atoms with E-state index >= 15 is 0 Å². The number of diazo groups is 1. The van der Waals surface area contributed by atoms with Crippen molar-refractivity contribution in [2.24, 2.45) is 0 Å². The van der Waals surface area contributed by atoms with Crippen molar-refractivity contribution in [2.75, 3.05) is 0 Å². The number of rotatable bonds is 7. The Morgan fingerprint density at radius 2 is 1.72 bits per heavy atom. The molecule has 0 aliphatic carbocycles. The van der Waals surface area contributed by atoms with Crippen LogP contribution in [-0.4, -0.2) is 17.2 Å². The highest BCUT2D eigenvalue weighted by molar-refractivity contribution is 5.68. The van der Waals surface area contributed by atoms with Crippen molar-refractivity contribution >= 4 is 6.09 Å². The zero-order valence-corrected chi connectivity index (χ0v) is 13.7. The van der Waals surface area contributed by atoms with Crippen LogP contribution < -0.4 is 5.32 Å². The van der Waals surface area contributed by atoms with Gasteiger partial charge >= 0.3 is 12.3 Å². The van der Waals surface area contributed by atoms with Gasteiger partial charge < -0.3 is 15.2 Å². The van der Waals surface area contributed by atoms with Crippen LogP contribution in [0.25, 0.3) is 4.98 Å². The summed E-state index contributed by atoms with van der Waals surface area (Å²) >= 11 is 0. The average molecular weight is 338 g/mol. The summed E-state index contributed by atoms with van der Waals surface area (Å²) in [6.45, 7) is 0.132. The summed E-state index contributed by atoms with van der Waals surface area (Å²) in [5.41, 5.74) is 1.93. The molecule has 0 radical (unpaired) electrons.